The van der Waals surface area contributed by atoms with Crippen molar-refractivity contribution in [2.45, 2.75) is 6.54 Å². The summed E-state index contributed by atoms with van der Waals surface area (Å²) >= 11 is 0. The molecular formula is C15H14N6O. The highest BCUT2D eigenvalue weighted by atomic mass is 16.2. The first-order valence-corrected chi connectivity index (χ1v) is 6.68. The molecule has 1 amide bonds. The van der Waals surface area contributed by atoms with Gasteiger partial charge < -0.3 is 0 Å². The molecule has 110 valence electrons. The molecule has 0 aliphatic carbocycles. The summed E-state index contributed by atoms with van der Waals surface area (Å²) in [5.41, 5.74) is 4.75. The smallest absolute Gasteiger partial charge is 0.288 e. The number of hydrogen-bond donors (Lipinski definition) is 2. The minimum atomic E-state index is -0.480. The van der Waals surface area contributed by atoms with E-state index in [1.54, 1.807) is 29.2 Å². The van der Waals surface area contributed by atoms with Gasteiger partial charge in [-0.2, -0.15) is 0 Å². The highest BCUT2D eigenvalue weighted by Gasteiger charge is 2.20. The second-order valence-corrected chi connectivity index (χ2v) is 4.64. The molecule has 22 heavy (non-hydrogen) atoms. The summed E-state index contributed by atoms with van der Waals surface area (Å²) in [6.45, 7) is 0.503. The zero-order valence-corrected chi connectivity index (χ0v) is 11.7. The quantitative estimate of drug-likeness (QED) is 0.425. The van der Waals surface area contributed by atoms with E-state index in [0.717, 1.165) is 11.1 Å². The van der Waals surface area contributed by atoms with Crippen LogP contribution in [-0.2, 0) is 6.54 Å². The van der Waals surface area contributed by atoms with E-state index in [-0.39, 0.29) is 5.69 Å². The molecule has 0 aliphatic heterocycles. The first-order valence-electron chi connectivity index (χ1n) is 6.68. The van der Waals surface area contributed by atoms with Crippen molar-refractivity contribution in [3.63, 3.8) is 0 Å². The van der Waals surface area contributed by atoms with E-state index in [9.17, 15) is 4.79 Å². The van der Waals surface area contributed by atoms with Crippen LogP contribution >= 0.6 is 0 Å². The molecular weight excluding hydrogens is 280 g/mol. The van der Waals surface area contributed by atoms with Gasteiger partial charge in [-0.15, -0.1) is 5.10 Å². The number of nitrogens with two attached hydrogens (primary N) is 1. The zero-order chi connectivity index (χ0) is 15.4. The molecule has 0 saturated carbocycles. The normalized spacial score (nSPS) is 10.4. The molecule has 0 aliphatic rings. The zero-order valence-electron chi connectivity index (χ0n) is 11.7. The van der Waals surface area contributed by atoms with E-state index in [1.165, 1.54) is 0 Å². The van der Waals surface area contributed by atoms with Crippen molar-refractivity contribution >= 4 is 5.91 Å². The van der Waals surface area contributed by atoms with Crippen molar-refractivity contribution in [3.05, 3.63) is 66.1 Å². The number of hydrogen-bond acceptors (Lipinski definition) is 5. The summed E-state index contributed by atoms with van der Waals surface area (Å²) in [6, 6.07) is 13.4. The lowest BCUT2D eigenvalue weighted by Crippen LogP contribution is -2.30. The van der Waals surface area contributed by atoms with Crippen LogP contribution < -0.4 is 11.3 Å². The monoisotopic (exact) mass is 294 g/mol. The molecule has 0 fully saturated rings. The van der Waals surface area contributed by atoms with Crippen LogP contribution in [0, 0.1) is 0 Å². The maximum Gasteiger partial charge on any atom is 0.288 e. The fourth-order valence-corrected chi connectivity index (χ4v) is 2.20. The van der Waals surface area contributed by atoms with E-state index in [4.69, 9.17) is 5.84 Å². The van der Waals surface area contributed by atoms with Gasteiger partial charge in [-0.1, -0.05) is 35.5 Å². The number of hydrazine groups is 1. The molecule has 0 bridgehead atoms. The average Bonchev–Trinajstić information content (AvgIpc) is 2.99. The minimum absolute atomic E-state index is 0.185. The van der Waals surface area contributed by atoms with Crippen LogP contribution in [0.4, 0.5) is 0 Å². The average molecular weight is 294 g/mol. The molecule has 3 N–H and O–H groups in total. The van der Waals surface area contributed by atoms with Gasteiger partial charge in [0.05, 0.1) is 6.54 Å². The maximum absolute atomic E-state index is 11.9. The van der Waals surface area contributed by atoms with E-state index in [0.29, 0.717) is 12.2 Å². The topological polar surface area (TPSA) is 98.7 Å². The Bertz CT molecular complexity index is 769. The fraction of sp³-hybridized carbons (Fsp3) is 0.0667. The Labute approximate surface area is 126 Å². The Morgan fingerprint density at radius 3 is 2.55 bits per heavy atom. The van der Waals surface area contributed by atoms with Gasteiger partial charge in [0, 0.05) is 18.0 Å². The summed E-state index contributed by atoms with van der Waals surface area (Å²) in [6.07, 6.45) is 3.30. The lowest BCUT2D eigenvalue weighted by molar-refractivity contribution is 0.0949. The molecule has 3 aromatic rings. The summed E-state index contributed by atoms with van der Waals surface area (Å²) < 4.78 is 1.68. The summed E-state index contributed by atoms with van der Waals surface area (Å²) in [5.74, 6) is 4.74. The SMILES string of the molecule is NNC(=O)c1nnn(Cc2ccccc2)c1-c1ccncc1. The van der Waals surface area contributed by atoms with Crippen LogP contribution in [0.1, 0.15) is 16.1 Å². The number of nitrogens with one attached hydrogen (secondary N) is 1. The van der Waals surface area contributed by atoms with Crippen molar-refractivity contribution in [1.29, 1.82) is 0 Å². The Kier molecular flexibility index (Phi) is 3.88. The molecule has 2 aromatic heterocycles. The van der Waals surface area contributed by atoms with E-state index >= 15 is 0 Å². The third kappa shape index (κ3) is 2.70. The number of nitrogen functional groups attached to an aromatic ring is 1. The third-order valence-electron chi connectivity index (χ3n) is 3.21. The highest BCUT2D eigenvalue weighted by Crippen LogP contribution is 2.22. The molecule has 0 radical (unpaired) electrons. The lowest BCUT2D eigenvalue weighted by Gasteiger charge is -2.08. The van der Waals surface area contributed by atoms with Crippen molar-refractivity contribution in [3.8, 4) is 11.3 Å². The second kappa shape index (κ2) is 6.15. The second-order valence-electron chi connectivity index (χ2n) is 4.64. The number of carbonyl (C=O) groups excluding carboxylic acids is 1. The number of carbonyl (C=O) groups is 1. The number of amides is 1. The van der Waals surface area contributed by atoms with Gasteiger partial charge >= 0.3 is 0 Å². The fourth-order valence-electron chi connectivity index (χ4n) is 2.20. The van der Waals surface area contributed by atoms with Gasteiger partial charge in [0.15, 0.2) is 5.69 Å². The molecule has 7 heteroatoms. The molecule has 0 saturated heterocycles. The summed E-state index contributed by atoms with van der Waals surface area (Å²) in [4.78, 5) is 15.9. The van der Waals surface area contributed by atoms with Gasteiger partial charge in [0.25, 0.3) is 5.91 Å². The minimum Gasteiger partial charge on any atom is -0.289 e. The van der Waals surface area contributed by atoms with Gasteiger partial charge in [0.1, 0.15) is 5.69 Å². The first-order chi connectivity index (χ1) is 10.8. The van der Waals surface area contributed by atoms with Crippen LogP contribution in [0.2, 0.25) is 0 Å². The summed E-state index contributed by atoms with van der Waals surface area (Å²) in [7, 11) is 0. The number of benzene rings is 1. The standard InChI is InChI=1S/C15H14N6O/c16-18-15(22)13-14(12-6-8-17-9-7-12)21(20-19-13)10-11-4-2-1-3-5-11/h1-9H,10,16H2,(H,18,22). The highest BCUT2D eigenvalue weighted by molar-refractivity contribution is 5.97. The summed E-state index contributed by atoms with van der Waals surface area (Å²) in [5, 5.41) is 8.05. The number of rotatable bonds is 4. The Morgan fingerprint density at radius 2 is 1.86 bits per heavy atom. The van der Waals surface area contributed by atoms with Gasteiger partial charge in [0.2, 0.25) is 0 Å². The number of pyridine rings is 1. The Hall–Kier alpha value is -3.06. The molecule has 2 heterocycles. The van der Waals surface area contributed by atoms with Crippen LogP contribution in [-0.4, -0.2) is 25.9 Å². The molecule has 0 spiro atoms. The first kappa shape index (κ1) is 13.9. The van der Waals surface area contributed by atoms with Crippen molar-refractivity contribution in [2.24, 2.45) is 5.84 Å². The van der Waals surface area contributed by atoms with Crippen LogP contribution in [0.3, 0.4) is 0 Å². The van der Waals surface area contributed by atoms with Crippen LogP contribution in [0.25, 0.3) is 11.3 Å². The molecule has 0 atom stereocenters. The number of aromatic nitrogens is 4. The Balaban J connectivity index is 2.07. The molecule has 0 unspecified atom stereocenters. The molecule has 7 nitrogen and oxygen atoms in total. The lowest BCUT2D eigenvalue weighted by atomic mass is 10.1. The predicted molar refractivity (Wildman–Crippen MR) is 80.5 cm³/mol. The van der Waals surface area contributed by atoms with Gasteiger partial charge in [-0.25, -0.2) is 10.5 Å². The number of nitrogens with zero attached hydrogens (tertiary/aromatic N) is 4. The van der Waals surface area contributed by atoms with Gasteiger partial charge in [-0.3, -0.25) is 15.2 Å². The van der Waals surface area contributed by atoms with Crippen LogP contribution in [0.5, 0.6) is 0 Å². The van der Waals surface area contributed by atoms with E-state index in [2.05, 4.69) is 20.7 Å². The van der Waals surface area contributed by atoms with Crippen molar-refractivity contribution in [2.75, 3.05) is 0 Å². The van der Waals surface area contributed by atoms with Crippen LogP contribution in [0.15, 0.2) is 54.9 Å². The largest absolute Gasteiger partial charge is 0.289 e. The third-order valence-corrected chi connectivity index (χ3v) is 3.21. The molecule has 3 rings (SSSR count). The van der Waals surface area contributed by atoms with Crippen molar-refractivity contribution < 1.29 is 4.79 Å². The molecule has 1 aromatic carbocycles. The maximum atomic E-state index is 11.9. The van der Waals surface area contributed by atoms with Gasteiger partial charge in [-0.05, 0) is 17.7 Å². The predicted octanol–water partition coefficient (Wildman–Crippen LogP) is 0.992. The Morgan fingerprint density at radius 1 is 1.14 bits per heavy atom. The van der Waals surface area contributed by atoms with Crippen molar-refractivity contribution in [1.82, 2.24) is 25.4 Å². The van der Waals surface area contributed by atoms with E-state index in [1.807, 2.05) is 30.3 Å². The van der Waals surface area contributed by atoms with E-state index < -0.39 is 5.91 Å².